The Bertz CT molecular complexity index is 388. The van der Waals surface area contributed by atoms with Gasteiger partial charge in [0.1, 0.15) is 0 Å². The lowest BCUT2D eigenvalue weighted by molar-refractivity contribution is -0.384. The Morgan fingerprint density at radius 3 is 2.21 bits per heavy atom. The van der Waals surface area contributed by atoms with Crippen molar-refractivity contribution in [3.8, 4) is 12.3 Å². The number of non-ortho nitro benzene ring substituents is 1. The van der Waals surface area contributed by atoms with Crippen molar-refractivity contribution < 1.29 is 15.1 Å². The molecule has 1 rings (SSSR count). The highest BCUT2D eigenvalue weighted by Gasteiger charge is 2.22. The Hall–Kier alpha value is -1.90. The Morgan fingerprint density at radius 2 is 1.86 bits per heavy atom. The average molecular weight is 193 g/mol. The molecule has 5 nitrogen and oxygen atoms in total. The van der Waals surface area contributed by atoms with E-state index < -0.39 is 10.7 Å². The topological polar surface area (TPSA) is 83.6 Å². The fourth-order valence-electron chi connectivity index (χ4n) is 0.899. The molecule has 0 aliphatic heterocycles. The highest BCUT2D eigenvalue weighted by Crippen LogP contribution is 2.20. The number of rotatable bonds is 2. The summed E-state index contributed by atoms with van der Waals surface area (Å²) in [6.45, 7) is 0. The third kappa shape index (κ3) is 1.88. The van der Waals surface area contributed by atoms with E-state index in [4.69, 9.17) is 6.42 Å². The molecule has 0 saturated carbocycles. The maximum atomic E-state index is 10.3. The maximum absolute atomic E-state index is 10.3. The van der Waals surface area contributed by atoms with Gasteiger partial charge < -0.3 is 10.2 Å². The highest BCUT2D eigenvalue weighted by atomic mass is 16.6. The van der Waals surface area contributed by atoms with Crippen molar-refractivity contribution in [2.24, 2.45) is 0 Å². The van der Waals surface area contributed by atoms with Gasteiger partial charge in [0.25, 0.3) is 11.5 Å². The molecule has 0 radical (unpaired) electrons. The van der Waals surface area contributed by atoms with Crippen molar-refractivity contribution in [3.05, 3.63) is 39.9 Å². The van der Waals surface area contributed by atoms with E-state index in [9.17, 15) is 20.3 Å². The van der Waals surface area contributed by atoms with Crippen LogP contribution in [0.25, 0.3) is 0 Å². The number of aliphatic hydroxyl groups is 2. The van der Waals surface area contributed by atoms with Crippen LogP contribution in [0, 0.1) is 22.5 Å². The molecule has 14 heavy (non-hydrogen) atoms. The van der Waals surface area contributed by atoms with E-state index in [0.29, 0.717) is 0 Å². The summed E-state index contributed by atoms with van der Waals surface area (Å²) in [5, 5.41) is 28.6. The molecule has 0 aliphatic carbocycles. The van der Waals surface area contributed by atoms with Crippen molar-refractivity contribution in [1.82, 2.24) is 0 Å². The van der Waals surface area contributed by atoms with E-state index >= 15 is 0 Å². The van der Waals surface area contributed by atoms with Crippen LogP contribution in [0.2, 0.25) is 0 Å². The van der Waals surface area contributed by atoms with Gasteiger partial charge in [-0.25, -0.2) is 0 Å². The van der Waals surface area contributed by atoms with Crippen molar-refractivity contribution in [1.29, 1.82) is 0 Å². The summed E-state index contributed by atoms with van der Waals surface area (Å²) in [6, 6.07) is 4.68. The average Bonchev–Trinajstić information content (AvgIpc) is 2.18. The van der Waals surface area contributed by atoms with E-state index in [2.05, 4.69) is 0 Å². The molecule has 0 atom stereocenters. The lowest BCUT2D eigenvalue weighted by atomic mass is 10.1. The molecule has 5 heteroatoms. The van der Waals surface area contributed by atoms with E-state index in [1.54, 1.807) is 5.92 Å². The van der Waals surface area contributed by atoms with Crippen LogP contribution in [0.3, 0.4) is 0 Å². The first kappa shape index (κ1) is 10.2. The molecule has 0 spiro atoms. The van der Waals surface area contributed by atoms with Gasteiger partial charge in [0.05, 0.1) is 4.92 Å². The van der Waals surface area contributed by atoms with Crippen LogP contribution in [0.5, 0.6) is 0 Å². The lowest BCUT2D eigenvalue weighted by Crippen LogP contribution is -2.21. The summed E-state index contributed by atoms with van der Waals surface area (Å²) in [4.78, 5) is 9.68. The molecule has 0 unspecified atom stereocenters. The number of nitro benzene ring substituents is 1. The molecule has 1 aromatic rings. The van der Waals surface area contributed by atoms with Crippen LogP contribution < -0.4 is 0 Å². The number of benzene rings is 1. The lowest BCUT2D eigenvalue weighted by Gasteiger charge is -2.13. The third-order valence-corrected chi connectivity index (χ3v) is 1.68. The Balaban J connectivity index is 3.07. The van der Waals surface area contributed by atoms with Gasteiger partial charge in [0.15, 0.2) is 0 Å². The van der Waals surface area contributed by atoms with Gasteiger partial charge >= 0.3 is 0 Å². The van der Waals surface area contributed by atoms with Crippen molar-refractivity contribution in [2.75, 3.05) is 0 Å². The van der Waals surface area contributed by atoms with Gasteiger partial charge in [-0.1, -0.05) is 0 Å². The first-order valence-electron chi connectivity index (χ1n) is 3.65. The van der Waals surface area contributed by atoms with Crippen LogP contribution in [0.4, 0.5) is 5.69 Å². The number of nitrogens with zero attached hydrogens (tertiary/aromatic N) is 1. The van der Waals surface area contributed by atoms with E-state index in [0.717, 1.165) is 12.1 Å². The molecule has 1 aromatic carbocycles. The maximum Gasteiger partial charge on any atom is 0.269 e. The minimum absolute atomic E-state index is 0.0191. The zero-order chi connectivity index (χ0) is 10.8. The number of terminal acetylenes is 1. The normalized spacial score (nSPS) is 10.6. The standard InChI is InChI=1S/C9H7NO4/c1-2-9(11,12)7-3-5-8(6-4-7)10(13)14/h1,3-6,11-12H. The fraction of sp³-hybridized carbons (Fsp3) is 0.111. The van der Waals surface area contributed by atoms with Gasteiger partial charge in [0, 0.05) is 17.7 Å². The minimum Gasteiger partial charge on any atom is -0.352 e. The first-order chi connectivity index (χ1) is 6.47. The summed E-state index contributed by atoms with van der Waals surface area (Å²) in [7, 11) is 0. The number of hydrogen-bond donors (Lipinski definition) is 2. The molecule has 2 N–H and O–H groups in total. The summed E-state index contributed by atoms with van der Waals surface area (Å²) < 4.78 is 0. The predicted octanol–water partition coefficient (Wildman–Crippen LogP) is 0.365. The zero-order valence-corrected chi connectivity index (χ0v) is 7.04. The van der Waals surface area contributed by atoms with E-state index in [1.165, 1.54) is 12.1 Å². The van der Waals surface area contributed by atoms with Gasteiger partial charge in [-0.15, -0.1) is 6.42 Å². The molecule has 0 heterocycles. The Morgan fingerprint density at radius 1 is 1.36 bits per heavy atom. The van der Waals surface area contributed by atoms with Crippen molar-refractivity contribution in [3.63, 3.8) is 0 Å². The monoisotopic (exact) mass is 193 g/mol. The van der Waals surface area contributed by atoms with E-state index in [-0.39, 0.29) is 11.3 Å². The summed E-state index contributed by atoms with van der Waals surface area (Å²) in [6.07, 6.45) is 4.85. The Labute approximate surface area is 79.8 Å². The van der Waals surface area contributed by atoms with Gasteiger partial charge in [-0.3, -0.25) is 10.1 Å². The Kier molecular flexibility index (Phi) is 2.51. The highest BCUT2D eigenvalue weighted by molar-refractivity contribution is 5.36. The summed E-state index contributed by atoms with van der Waals surface area (Å²) in [5.41, 5.74) is -0.118. The fourth-order valence-corrected chi connectivity index (χ4v) is 0.899. The van der Waals surface area contributed by atoms with Crippen LogP contribution in [0.15, 0.2) is 24.3 Å². The number of nitro groups is 1. The van der Waals surface area contributed by atoms with E-state index in [1.807, 2.05) is 0 Å². The molecular weight excluding hydrogens is 186 g/mol. The molecular formula is C9H7NO4. The smallest absolute Gasteiger partial charge is 0.269 e. The van der Waals surface area contributed by atoms with Gasteiger partial charge in [-0.2, -0.15) is 0 Å². The summed E-state index contributed by atoms with van der Waals surface area (Å²) in [5.74, 6) is -0.632. The molecule has 0 fully saturated rings. The molecule has 0 amide bonds. The molecule has 0 aliphatic rings. The zero-order valence-electron chi connectivity index (χ0n) is 7.04. The molecule has 0 saturated heterocycles. The van der Waals surface area contributed by atoms with Crippen molar-refractivity contribution >= 4 is 5.69 Å². The van der Waals surface area contributed by atoms with Crippen LogP contribution in [-0.2, 0) is 5.79 Å². The molecule has 72 valence electrons. The largest absolute Gasteiger partial charge is 0.352 e. The molecule has 0 aromatic heterocycles. The SMILES string of the molecule is C#CC(O)(O)c1ccc([N+](=O)[O-])cc1. The first-order valence-corrected chi connectivity index (χ1v) is 3.65. The van der Waals surface area contributed by atoms with Crippen LogP contribution >= 0.6 is 0 Å². The second-order valence-electron chi connectivity index (χ2n) is 2.62. The van der Waals surface area contributed by atoms with Crippen molar-refractivity contribution in [2.45, 2.75) is 5.79 Å². The second kappa shape index (κ2) is 3.46. The quantitative estimate of drug-likeness (QED) is 0.307. The minimum atomic E-state index is -2.38. The number of hydrogen-bond acceptors (Lipinski definition) is 4. The van der Waals surface area contributed by atoms with Crippen LogP contribution in [0.1, 0.15) is 5.56 Å². The van der Waals surface area contributed by atoms with Crippen LogP contribution in [-0.4, -0.2) is 15.1 Å². The summed E-state index contributed by atoms with van der Waals surface area (Å²) >= 11 is 0. The third-order valence-electron chi connectivity index (χ3n) is 1.68. The van der Waals surface area contributed by atoms with Gasteiger partial charge in [0.2, 0.25) is 0 Å². The molecule has 0 bridgehead atoms. The second-order valence-corrected chi connectivity index (χ2v) is 2.62. The predicted molar refractivity (Wildman–Crippen MR) is 48.0 cm³/mol. The van der Waals surface area contributed by atoms with Gasteiger partial charge in [-0.05, 0) is 18.1 Å².